The molecule has 1 amide bonds. The van der Waals surface area contributed by atoms with Gasteiger partial charge in [-0.3, -0.25) is 9.59 Å². The van der Waals surface area contributed by atoms with Crippen molar-refractivity contribution in [3.05, 3.63) is 34.3 Å². The molecule has 0 bridgehead atoms. The van der Waals surface area contributed by atoms with Gasteiger partial charge in [0.1, 0.15) is 0 Å². The van der Waals surface area contributed by atoms with E-state index in [0.717, 1.165) is 17.3 Å². The van der Waals surface area contributed by atoms with Crippen LogP contribution in [0.2, 0.25) is 0 Å². The third-order valence-electron chi connectivity index (χ3n) is 3.19. The van der Waals surface area contributed by atoms with Crippen molar-refractivity contribution in [3.8, 4) is 0 Å². The van der Waals surface area contributed by atoms with E-state index in [2.05, 4.69) is 0 Å². The molecule has 0 saturated heterocycles. The Hall–Kier alpha value is -1.37. The molecule has 102 valence electrons. The van der Waals surface area contributed by atoms with E-state index in [4.69, 9.17) is 15.2 Å². The molecule has 2 aliphatic rings. The molecule has 2 N–H and O–H groups in total. The van der Waals surface area contributed by atoms with Crippen LogP contribution in [0.3, 0.4) is 0 Å². The van der Waals surface area contributed by atoms with Crippen molar-refractivity contribution in [1.82, 2.24) is 0 Å². The average Bonchev–Trinajstić information content (AvgIpc) is 2.57. The van der Waals surface area contributed by atoms with Gasteiger partial charge in [-0.15, -0.1) is 11.8 Å². The van der Waals surface area contributed by atoms with Crippen LogP contribution in [-0.2, 0) is 19.1 Å². The summed E-state index contributed by atoms with van der Waals surface area (Å²) in [7, 11) is 3.07. The summed E-state index contributed by atoms with van der Waals surface area (Å²) < 4.78 is 10.7. The van der Waals surface area contributed by atoms with E-state index in [-0.39, 0.29) is 11.5 Å². The predicted octanol–water partition coefficient (Wildman–Crippen LogP) is 0.917. The first-order valence-corrected chi connectivity index (χ1v) is 6.70. The fraction of sp³-hybridized carbons (Fsp3) is 0.385. The third-order valence-corrected chi connectivity index (χ3v) is 4.22. The van der Waals surface area contributed by atoms with Crippen LogP contribution in [0.1, 0.15) is 6.42 Å². The van der Waals surface area contributed by atoms with Gasteiger partial charge in [-0.25, -0.2) is 0 Å². The zero-order valence-electron chi connectivity index (χ0n) is 10.8. The van der Waals surface area contributed by atoms with E-state index in [1.165, 1.54) is 14.2 Å². The maximum atomic E-state index is 12.0. The van der Waals surface area contributed by atoms with Gasteiger partial charge in [-0.2, -0.15) is 0 Å². The van der Waals surface area contributed by atoms with Gasteiger partial charge in [0, 0.05) is 26.2 Å². The molecule has 0 aromatic heterocycles. The van der Waals surface area contributed by atoms with Gasteiger partial charge in [-0.05, 0) is 23.8 Å². The van der Waals surface area contributed by atoms with Crippen LogP contribution in [0.15, 0.2) is 34.3 Å². The number of ketones is 1. The van der Waals surface area contributed by atoms with E-state index in [9.17, 15) is 9.59 Å². The highest BCUT2D eigenvalue weighted by atomic mass is 32.2. The predicted molar refractivity (Wildman–Crippen MR) is 72.3 cm³/mol. The van der Waals surface area contributed by atoms with Gasteiger partial charge >= 0.3 is 0 Å². The van der Waals surface area contributed by atoms with Crippen molar-refractivity contribution in [2.24, 2.45) is 5.73 Å². The third kappa shape index (κ3) is 2.65. The number of amides is 1. The number of Topliss-reactive ketones (excluding diaryl/α,β-unsaturated/α-hetero) is 1. The second-order valence-corrected chi connectivity index (χ2v) is 5.27. The first kappa shape index (κ1) is 14.0. The van der Waals surface area contributed by atoms with Crippen molar-refractivity contribution < 1.29 is 19.1 Å². The second-order valence-electron chi connectivity index (χ2n) is 4.25. The average molecular weight is 281 g/mol. The van der Waals surface area contributed by atoms with Gasteiger partial charge < -0.3 is 15.2 Å². The Bertz CT molecular complexity index is 515. The Morgan fingerprint density at radius 2 is 2.11 bits per heavy atom. The summed E-state index contributed by atoms with van der Waals surface area (Å²) in [6.45, 7) is 0. The van der Waals surface area contributed by atoms with Gasteiger partial charge in [0.25, 0.3) is 5.91 Å². The Kier molecular flexibility index (Phi) is 3.93. The Labute approximate surface area is 115 Å². The summed E-state index contributed by atoms with van der Waals surface area (Å²) in [5, 5.41) is 0. The summed E-state index contributed by atoms with van der Waals surface area (Å²) in [5.41, 5.74) is 6.60. The van der Waals surface area contributed by atoms with Gasteiger partial charge in [0.15, 0.2) is 11.6 Å². The normalized spacial score (nSPS) is 21.8. The van der Waals surface area contributed by atoms with Crippen molar-refractivity contribution >= 4 is 23.5 Å². The minimum atomic E-state index is -0.895. The molecule has 1 aliphatic carbocycles. The van der Waals surface area contributed by atoms with Crippen LogP contribution in [0.4, 0.5) is 0 Å². The fourth-order valence-corrected chi connectivity index (χ4v) is 2.87. The molecule has 0 aromatic carbocycles. The number of thioether (sulfide) groups is 1. The number of carbonyl (C=O) groups is 2. The van der Waals surface area contributed by atoms with Crippen LogP contribution >= 0.6 is 11.8 Å². The summed E-state index contributed by atoms with van der Waals surface area (Å²) in [5.74, 6) is -1.23. The monoisotopic (exact) mass is 281 g/mol. The van der Waals surface area contributed by atoms with E-state index < -0.39 is 11.7 Å². The SMILES string of the molecule is COC1(OC)C=CC2=C(C=C(C(N)=O)SCC2=O)C1. The fourth-order valence-electron chi connectivity index (χ4n) is 2.06. The lowest BCUT2D eigenvalue weighted by atomic mass is 9.91. The summed E-state index contributed by atoms with van der Waals surface area (Å²) >= 11 is 1.16. The molecule has 0 radical (unpaired) electrons. The molecule has 2 rings (SSSR count). The molecule has 0 fully saturated rings. The number of methoxy groups -OCH3 is 2. The molecule has 1 heterocycles. The van der Waals surface area contributed by atoms with Crippen LogP contribution < -0.4 is 5.73 Å². The van der Waals surface area contributed by atoms with Gasteiger partial charge in [-0.1, -0.05) is 0 Å². The molecule has 19 heavy (non-hydrogen) atoms. The van der Waals surface area contributed by atoms with Gasteiger partial charge in [0.2, 0.25) is 0 Å². The zero-order chi connectivity index (χ0) is 14.0. The first-order valence-electron chi connectivity index (χ1n) is 5.71. The van der Waals surface area contributed by atoms with Crippen LogP contribution in [0, 0.1) is 0 Å². The maximum absolute atomic E-state index is 12.0. The van der Waals surface area contributed by atoms with Crippen LogP contribution in [0.25, 0.3) is 0 Å². The van der Waals surface area contributed by atoms with Gasteiger partial charge in [0.05, 0.1) is 10.7 Å². The number of carbonyl (C=O) groups excluding carboxylic acids is 2. The van der Waals surface area contributed by atoms with Crippen molar-refractivity contribution in [3.63, 3.8) is 0 Å². The van der Waals surface area contributed by atoms with E-state index >= 15 is 0 Å². The second kappa shape index (κ2) is 5.32. The number of ether oxygens (including phenoxy) is 2. The smallest absolute Gasteiger partial charge is 0.255 e. The molecule has 0 atom stereocenters. The Morgan fingerprint density at radius 3 is 2.68 bits per heavy atom. The number of nitrogens with two attached hydrogens (primary N) is 1. The number of hydrogen-bond donors (Lipinski definition) is 1. The number of hydrogen-bond acceptors (Lipinski definition) is 5. The lowest BCUT2D eigenvalue weighted by Gasteiger charge is -2.31. The quantitative estimate of drug-likeness (QED) is 0.778. The van der Waals surface area contributed by atoms with Crippen molar-refractivity contribution in [2.75, 3.05) is 20.0 Å². The molecular formula is C13H15NO4S. The number of primary amides is 1. The molecule has 6 heteroatoms. The largest absolute Gasteiger partial charge is 0.365 e. The molecule has 0 spiro atoms. The number of rotatable bonds is 3. The highest BCUT2D eigenvalue weighted by Gasteiger charge is 2.34. The highest BCUT2D eigenvalue weighted by Crippen LogP contribution is 2.35. The van der Waals surface area contributed by atoms with E-state index in [1.807, 2.05) is 0 Å². The summed E-state index contributed by atoms with van der Waals surface area (Å²) in [4.78, 5) is 23.7. The lowest BCUT2D eigenvalue weighted by molar-refractivity contribution is -0.169. The highest BCUT2D eigenvalue weighted by molar-refractivity contribution is 8.04. The topological polar surface area (TPSA) is 78.6 Å². The maximum Gasteiger partial charge on any atom is 0.255 e. The first-order chi connectivity index (χ1) is 9.01. The van der Waals surface area contributed by atoms with E-state index in [0.29, 0.717) is 16.9 Å². The standard InChI is InChI=1S/C13H15NO4S/c1-17-13(18-2)4-3-9-8(6-13)5-11(12(14)16)19-7-10(9)15/h3-5H,6-7H2,1-2H3,(H2,14,16). The number of allylic oxidation sites excluding steroid dienone is 3. The summed E-state index contributed by atoms with van der Waals surface area (Å²) in [6.07, 6.45) is 5.44. The Balaban J connectivity index is 2.43. The van der Waals surface area contributed by atoms with E-state index in [1.54, 1.807) is 18.2 Å². The van der Waals surface area contributed by atoms with Crippen molar-refractivity contribution in [1.29, 1.82) is 0 Å². The lowest BCUT2D eigenvalue weighted by Crippen LogP contribution is -2.34. The van der Waals surface area contributed by atoms with Crippen LogP contribution in [-0.4, -0.2) is 37.4 Å². The molecule has 0 saturated carbocycles. The Morgan fingerprint density at radius 1 is 1.42 bits per heavy atom. The molecule has 0 unspecified atom stereocenters. The summed E-state index contributed by atoms with van der Waals surface area (Å²) in [6, 6.07) is 0. The molecule has 5 nitrogen and oxygen atoms in total. The van der Waals surface area contributed by atoms with Crippen LogP contribution in [0.5, 0.6) is 0 Å². The minimum absolute atomic E-state index is 0.0236. The molecule has 0 aromatic rings. The molecule has 1 aliphatic heterocycles. The molecular weight excluding hydrogens is 266 g/mol. The van der Waals surface area contributed by atoms with Crippen molar-refractivity contribution in [2.45, 2.75) is 12.2 Å². The minimum Gasteiger partial charge on any atom is -0.365 e. The zero-order valence-corrected chi connectivity index (χ0v) is 11.6.